The molecule has 0 radical (unpaired) electrons. The first-order valence-corrected chi connectivity index (χ1v) is 8.59. The number of esters is 1. The Labute approximate surface area is 158 Å². The number of methoxy groups -OCH3 is 1. The van der Waals surface area contributed by atoms with Gasteiger partial charge in [-0.2, -0.15) is 4.98 Å². The van der Waals surface area contributed by atoms with Crippen molar-refractivity contribution in [3.63, 3.8) is 0 Å². The molecule has 1 heterocycles. The van der Waals surface area contributed by atoms with E-state index in [0.29, 0.717) is 17.3 Å². The fourth-order valence-electron chi connectivity index (χ4n) is 2.93. The third-order valence-electron chi connectivity index (χ3n) is 4.15. The first-order valence-electron chi connectivity index (χ1n) is 8.59. The number of rotatable bonds is 5. The molecular formula is C21H22N4O2. The van der Waals surface area contributed by atoms with Crippen LogP contribution in [-0.4, -0.2) is 23.0 Å². The number of nitrogens with zero attached hydrogens (tertiary/aromatic N) is 2. The molecule has 0 aliphatic carbocycles. The number of hydrogen-bond acceptors (Lipinski definition) is 6. The average Bonchev–Trinajstić information content (AvgIpc) is 2.65. The number of ether oxygens (including phenoxy) is 1. The summed E-state index contributed by atoms with van der Waals surface area (Å²) in [7, 11) is 1.36. The summed E-state index contributed by atoms with van der Waals surface area (Å²) in [4.78, 5) is 20.3. The molecule has 0 aliphatic rings. The Morgan fingerprint density at radius 1 is 0.963 bits per heavy atom. The van der Waals surface area contributed by atoms with Gasteiger partial charge >= 0.3 is 5.97 Å². The molecule has 3 aromatic rings. The molecule has 0 saturated heterocycles. The lowest BCUT2D eigenvalue weighted by atomic mass is 10.1. The van der Waals surface area contributed by atoms with Gasteiger partial charge in [0, 0.05) is 17.6 Å². The normalized spacial score (nSPS) is 10.4. The number of aromatic nitrogens is 2. The molecule has 3 rings (SSSR count). The van der Waals surface area contributed by atoms with E-state index in [1.165, 1.54) is 23.8 Å². The molecule has 0 fully saturated rings. The number of anilines is 4. The van der Waals surface area contributed by atoms with Crippen molar-refractivity contribution in [2.45, 2.75) is 20.8 Å². The van der Waals surface area contributed by atoms with Gasteiger partial charge in [-0.1, -0.05) is 17.7 Å². The molecule has 0 aliphatic heterocycles. The van der Waals surface area contributed by atoms with Gasteiger partial charge in [0.25, 0.3) is 0 Å². The Balaban J connectivity index is 1.77. The summed E-state index contributed by atoms with van der Waals surface area (Å²) < 4.78 is 4.70. The predicted octanol–water partition coefficient (Wildman–Crippen LogP) is 4.68. The fraction of sp³-hybridized carbons (Fsp3) is 0.190. The van der Waals surface area contributed by atoms with E-state index in [-0.39, 0.29) is 5.97 Å². The van der Waals surface area contributed by atoms with Crippen LogP contribution in [0.2, 0.25) is 0 Å². The van der Waals surface area contributed by atoms with Crippen molar-refractivity contribution >= 4 is 29.1 Å². The minimum atomic E-state index is -0.368. The highest BCUT2D eigenvalue weighted by Crippen LogP contribution is 2.25. The van der Waals surface area contributed by atoms with Gasteiger partial charge in [0.05, 0.1) is 12.7 Å². The summed E-state index contributed by atoms with van der Waals surface area (Å²) in [5, 5.41) is 6.51. The number of benzene rings is 2. The number of carbonyl (C=O) groups excluding carboxylic acids is 1. The van der Waals surface area contributed by atoms with E-state index in [0.717, 1.165) is 11.4 Å². The van der Waals surface area contributed by atoms with Crippen molar-refractivity contribution in [2.24, 2.45) is 0 Å². The van der Waals surface area contributed by atoms with Gasteiger partial charge in [-0.15, -0.1) is 0 Å². The minimum Gasteiger partial charge on any atom is -0.465 e. The average molecular weight is 362 g/mol. The number of nitrogens with one attached hydrogen (secondary N) is 2. The fourth-order valence-corrected chi connectivity index (χ4v) is 2.93. The maximum atomic E-state index is 11.5. The maximum absolute atomic E-state index is 11.5. The molecule has 2 aromatic carbocycles. The summed E-state index contributed by atoms with van der Waals surface area (Å²) in [6.07, 6.45) is 1.69. The second-order valence-corrected chi connectivity index (χ2v) is 6.36. The third-order valence-corrected chi connectivity index (χ3v) is 4.15. The molecule has 138 valence electrons. The molecule has 6 heteroatoms. The van der Waals surface area contributed by atoms with Crippen LogP contribution in [0.5, 0.6) is 0 Å². The van der Waals surface area contributed by atoms with E-state index in [9.17, 15) is 4.79 Å². The molecule has 0 amide bonds. The second kappa shape index (κ2) is 7.86. The van der Waals surface area contributed by atoms with E-state index in [1.54, 1.807) is 30.5 Å². The van der Waals surface area contributed by atoms with Crippen LogP contribution in [-0.2, 0) is 4.74 Å². The van der Waals surface area contributed by atoms with E-state index >= 15 is 0 Å². The summed E-state index contributed by atoms with van der Waals surface area (Å²) in [6, 6.07) is 13.0. The van der Waals surface area contributed by atoms with Crippen LogP contribution in [0.4, 0.5) is 23.1 Å². The van der Waals surface area contributed by atoms with E-state index in [1.807, 2.05) is 6.07 Å². The summed E-state index contributed by atoms with van der Waals surface area (Å²) in [5.74, 6) is 0.801. The van der Waals surface area contributed by atoms with Crippen molar-refractivity contribution in [1.82, 2.24) is 9.97 Å². The molecule has 27 heavy (non-hydrogen) atoms. The zero-order chi connectivity index (χ0) is 19.4. The summed E-state index contributed by atoms with van der Waals surface area (Å²) in [5.41, 5.74) is 5.88. The molecular weight excluding hydrogens is 340 g/mol. The van der Waals surface area contributed by atoms with Gasteiger partial charge < -0.3 is 15.4 Å². The molecule has 0 unspecified atom stereocenters. The van der Waals surface area contributed by atoms with E-state index in [2.05, 4.69) is 53.5 Å². The van der Waals surface area contributed by atoms with Crippen LogP contribution >= 0.6 is 0 Å². The third kappa shape index (κ3) is 4.41. The van der Waals surface area contributed by atoms with Crippen LogP contribution in [0.3, 0.4) is 0 Å². The Bertz CT molecular complexity index is 945. The van der Waals surface area contributed by atoms with Crippen LogP contribution in [0.1, 0.15) is 27.0 Å². The lowest BCUT2D eigenvalue weighted by molar-refractivity contribution is 0.0601. The molecule has 6 nitrogen and oxygen atoms in total. The van der Waals surface area contributed by atoms with Crippen LogP contribution in [0.15, 0.2) is 48.7 Å². The van der Waals surface area contributed by atoms with Gasteiger partial charge in [0.1, 0.15) is 5.82 Å². The molecule has 2 N–H and O–H groups in total. The largest absolute Gasteiger partial charge is 0.465 e. The van der Waals surface area contributed by atoms with Crippen molar-refractivity contribution < 1.29 is 9.53 Å². The van der Waals surface area contributed by atoms with Gasteiger partial charge in [-0.25, -0.2) is 9.78 Å². The second-order valence-electron chi connectivity index (χ2n) is 6.36. The predicted molar refractivity (Wildman–Crippen MR) is 107 cm³/mol. The van der Waals surface area contributed by atoms with Gasteiger partial charge in [-0.3, -0.25) is 0 Å². The Kier molecular flexibility index (Phi) is 5.35. The highest BCUT2D eigenvalue weighted by molar-refractivity contribution is 5.89. The summed E-state index contributed by atoms with van der Waals surface area (Å²) in [6.45, 7) is 6.24. The topological polar surface area (TPSA) is 76.1 Å². The highest BCUT2D eigenvalue weighted by atomic mass is 16.5. The Hall–Kier alpha value is -3.41. The van der Waals surface area contributed by atoms with Gasteiger partial charge in [-0.05, 0) is 62.2 Å². The minimum absolute atomic E-state index is 0.368. The summed E-state index contributed by atoms with van der Waals surface area (Å²) >= 11 is 0. The monoisotopic (exact) mass is 362 g/mol. The molecule has 1 aromatic heterocycles. The number of aryl methyl sites for hydroxylation is 3. The number of hydrogen-bond donors (Lipinski definition) is 2. The molecule has 0 saturated carbocycles. The van der Waals surface area contributed by atoms with Crippen LogP contribution in [0.25, 0.3) is 0 Å². The van der Waals surface area contributed by atoms with Crippen LogP contribution in [0, 0.1) is 20.8 Å². The number of carbonyl (C=O) groups is 1. The lowest BCUT2D eigenvalue weighted by Gasteiger charge is -2.14. The highest BCUT2D eigenvalue weighted by Gasteiger charge is 2.08. The first kappa shape index (κ1) is 18.4. The van der Waals surface area contributed by atoms with Gasteiger partial charge in [0.15, 0.2) is 0 Å². The van der Waals surface area contributed by atoms with Gasteiger partial charge in [0.2, 0.25) is 5.95 Å². The first-order chi connectivity index (χ1) is 13.0. The van der Waals surface area contributed by atoms with Crippen molar-refractivity contribution in [3.8, 4) is 0 Å². The lowest BCUT2D eigenvalue weighted by Crippen LogP contribution is -2.03. The maximum Gasteiger partial charge on any atom is 0.337 e. The van der Waals surface area contributed by atoms with Crippen LogP contribution < -0.4 is 10.6 Å². The molecule has 0 atom stereocenters. The molecule has 0 spiro atoms. The zero-order valence-electron chi connectivity index (χ0n) is 15.8. The van der Waals surface area contributed by atoms with Crippen molar-refractivity contribution in [2.75, 3.05) is 17.7 Å². The van der Waals surface area contributed by atoms with Crippen molar-refractivity contribution in [1.29, 1.82) is 0 Å². The molecule has 0 bridgehead atoms. The quantitative estimate of drug-likeness (QED) is 0.642. The van der Waals surface area contributed by atoms with E-state index in [4.69, 9.17) is 4.74 Å². The standard InChI is InChI=1S/C21H22N4O2/c1-13-11-14(2)19(15(3)12-13)24-18-9-10-22-21(25-18)23-17-7-5-16(6-8-17)20(26)27-4/h5-12H,1-4H3,(H2,22,23,24,25). The Morgan fingerprint density at radius 3 is 2.26 bits per heavy atom. The van der Waals surface area contributed by atoms with Crippen molar-refractivity contribution in [3.05, 3.63) is 70.9 Å². The SMILES string of the molecule is COC(=O)c1ccc(Nc2nccc(Nc3c(C)cc(C)cc3C)n2)cc1. The zero-order valence-corrected chi connectivity index (χ0v) is 15.8. The Morgan fingerprint density at radius 2 is 1.63 bits per heavy atom. The smallest absolute Gasteiger partial charge is 0.337 e. The van der Waals surface area contributed by atoms with E-state index < -0.39 is 0 Å².